The maximum Gasteiger partial charge on any atom is 0.314 e. The fourth-order valence-electron chi connectivity index (χ4n) is 1.98. The van der Waals surface area contributed by atoms with Gasteiger partial charge >= 0.3 is 6.03 Å². The first-order chi connectivity index (χ1) is 10.7. The summed E-state index contributed by atoms with van der Waals surface area (Å²) in [5, 5.41) is 15.5. The second-order valence-electron chi connectivity index (χ2n) is 7.22. The van der Waals surface area contributed by atoms with Crippen LogP contribution in [-0.4, -0.2) is 48.3 Å². The molecule has 0 heterocycles. The van der Waals surface area contributed by atoms with Crippen molar-refractivity contribution in [1.29, 1.82) is 0 Å². The van der Waals surface area contributed by atoms with E-state index in [4.69, 9.17) is 0 Å². The van der Waals surface area contributed by atoms with Gasteiger partial charge in [0.05, 0.1) is 6.10 Å². The van der Waals surface area contributed by atoms with Gasteiger partial charge in [0.15, 0.2) is 0 Å². The third-order valence-corrected chi connectivity index (χ3v) is 4.04. The minimum absolute atomic E-state index is 0.216. The Bertz CT molecular complexity index is 471. The van der Waals surface area contributed by atoms with Crippen LogP contribution < -0.4 is 10.6 Å². The van der Waals surface area contributed by atoms with Crippen molar-refractivity contribution in [2.75, 3.05) is 20.1 Å². The van der Waals surface area contributed by atoms with E-state index in [0.717, 1.165) is 6.54 Å². The zero-order chi connectivity index (χ0) is 17.5. The normalized spacial score (nSPS) is 14.4. The molecule has 1 rings (SSSR count). The topological polar surface area (TPSA) is 64.6 Å². The number of carbonyl (C=O) groups excluding carboxylic acids is 1. The van der Waals surface area contributed by atoms with Gasteiger partial charge < -0.3 is 15.7 Å². The zero-order valence-corrected chi connectivity index (χ0v) is 15.0. The molecule has 0 spiro atoms. The van der Waals surface area contributed by atoms with E-state index in [-0.39, 0.29) is 24.0 Å². The molecular formula is C18H31N3O2. The number of hydrogen-bond donors (Lipinski definition) is 3. The number of likely N-dealkylation sites (N-methyl/N-ethyl adjacent to an activating group) is 1. The highest BCUT2D eigenvalue weighted by Crippen LogP contribution is 2.17. The Morgan fingerprint density at radius 2 is 1.74 bits per heavy atom. The van der Waals surface area contributed by atoms with Gasteiger partial charge in [-0.05, 0) is 24.9 Å². The summed E-state index contributed by atoms with van der Waals surface area (Å²) in [6.45, 7) is 9.55. The lowest BCUT2D eigenvalue weighted by Crippen LogP contribution is -2.47. The average molecular weight is 321 g/mol. The van der Waals surface area contributed by atoms with E-state index in [1.165, 1.54) is 5.56 Å². The molecule has 5 nitrogen and oxygen atoms in total. The van der Waals surface area contributed by atoms with E-state index >= 15 is 0 Å². The molecule has 0 bridgehead atoms. The van der Waals surface area contributed by atoms with Crippen molar-refractivity contribution in [3.63, 3.8) is 0 Å². The number of hydrogen-bond acceptors (Lipinski definition) is 3. The highest BCUT2D eigenvalue weighted by atomic mass is 16.3. The monoisotopic (exact) mass is 321 g/mol. The number of benzene rings is 1. The number of nitrogens with zero attached hydrogens (tertiary/aromatic N) is 1. The summed E-state index contributed by atoms with van der Waals surface area (Å²) in [6.07, 6.45) is -0.563. The largest absolute Gasteiger partial charge is 0.391 e. The summed E-state index contributed by atoms with van der Waals surface area (Å²) >= 11 is 0. The molecule has 0 saturated carbocycles. The Kier molecular flexibility index (Phi) is 7.52. The number of amides is 2. The number of urea groups is 1. The summed E-state index contributed by atoms with van der Waals surface area (Å²) in [4.78, 5) is 14.0. The lowest BCUT2D eigenvalue weighted by Gasteiger charge is -2.27. The molecule has 0 aromatic heterocycles. The number of aliphatic hydroxyl groups is 1. The highest BCUT2D eigenvalue weighted by molar-refractivity contribution is 5.73. The van der Waals surface area contributed by atoms with Crippen LogP contribution in [0.3, 0.4) is 0 Å². The first-order valence-corrected chi connectivity index (χ1v) is 8.14. The molecule has 130 valence electrons. The number of nitrogens with one attached hydrogen (secondary N) is 2. The van der Waals surface area contributed by atoms with Crippen molar-refractivity contribution < 1.29 is 9.90 Å². The van der Waals surface area contributed by atoms with Crippen molar-refractivity contribution >= 4 is 6.03 Å². The van der Waals surface area contributed by atoms with Crippen LogP contribution in [0.15, 0.2) is 30.3 Å². The second kappa shape index (κ2) is 8.89. The van der Waals surface area contributed by atoms with E-state index in [9.17, 15) is 9.90 Å². The maximum absolute atomic E-state index is 11.8. The van der Waals surface area contributed by atoms with E-state index in [0.29, 0.717) is 6.54 Å². The Labute approximate surface area is 140 Å². The molecule has 5 heteroatoms. The van der Waals surface area contributed by atoms with Gasteiger partial charge in [-0.15, -0.1) is 0 Å². The Balaban J connectivity index is 2.29. The van der Waals surface area contributed by atoms with Crippen LogP contribution in [0.5, 0.6) is 0 Å². The van der Waals surface area contributed by atoms with Gasteiger partial charge in [0.1, 0.15) is 0 Å². The molecule has 0 fully saturated rings. The summed E-state index contributed by atoms with van der Waals surface area (Å²) < 4.78 is 0. The molecule has 0 aliphatic carbocycles. The number of carbonyl (C=O) groups is 1. The third-order valence-electron chi connectivity index (χ3n) is 4.04. The standard InChI is InChI=1S/C18H31N3O2/c1-14(21(5)13-15-9-7-6-8-10-15)11-19-17(23)20-12-16(22)18(2,3)4/h6-10,14,16,22H,11-13H2,1-5H3,(H2,19,20,23). The summed E-state index contributed by atoms with van der Waals surface area (Å²) in [5.74, 6) is 0. The van der Waals surface area contributed by atoms with Crippen molar-refractivity contribution in [2.45, 2.75) is 46.4 Å². The first kappa shape index (κ1) is 19.5. The molecule has 0 aliphatic rings. The van der Waals surface area contributed by atoms with E-state index < -0.39 is 6.10 Å². The van der Waals surface area contributed by atoms with Crippen molar-refractivity contribution in [3.8, 4) is 0 Å². The molecular weight excluding hydrogens is 290 g/mol. The first-order valence-electron chi connectivity index (χ1n) is 8.14. The third kappa shape index (κ3) is 7.48. The van der Waals surface area contributed by atoms with Crippen LogP contribution in [-0.2, 0) is 6.54 Å². The molecule has 2 atom stereocenters. The lowest BCUT2D eigenvalue weighted by atomic mass is 9.89. The smallest absolute Gasteiger partial charge is 0.314 e. The highest BCUT2D eigenvalue weighted by Gasteiger charge is 2.22. The van der Waals surface area contributed by atoms with Crippen LogP contribution in [0.25, 0.3) is 0 Å². The SMILES string of the molecule is CC(CNC(=O)NCC(O)C(C)(C)C)N(C)Cc1ccccc1. The quantitative estimate of drug-likeness (QED) is 0.721. The van der Waals surface area contributed by atoms with E-state index in [1.807, 2.05) is 46.0 Å². The van der Waals surface area contributed by atoms with Gasteiger partial charge in [0.2, 0.25) is 0 Å². The molecule has 2 amide bonds. The predicted octanol–water partition coefficient (Wildman–Crippen LogP) is 2.21. The minimum Gasteiger partial charge on any atom is -0.391 e. The van der Waals surface area contributed by atoms with Crippen molar-refractivity contribution in [3.05, 3.63) is 35.9 Å². The van der Waals surface area contributed by atoms with Gasteiger partial charge in [-0.25, -0.2) is 4.79 Å². The molecule has 3 N–H and O–H groups in total. The van der Waals surface area contributed by atoms with Gasteiger partial charge in [0, 0.05) is 25.7 Å². The van der Waals surface area contributed by atoms with E-state index in [1.54, 1.807) is 0 Å². The molecule has 0 saturated heterocycles. The van der Waals surface area contributed by atoms with Gasteiger partial charge in [0.25, 0.3) is 0 Å². The minimum atomic E-state index is -0.563. The van der Waals surface area contributed by atoms with Gasteiger partial charge in [-0.3, -0.25) is 4.90 Å². The predicted molar refractivity (Wildman–Crippen MR) is 94.2 cm³/mol. The molecule has 0 radical (unpaired) electrons. The molecule has 23 heavy (non-hydrogen) atoms. The molecule has 1 aromatic carbocycles. The number of aliphatic hydroxyl groups excluding tert-OH is 1. The summed E-state index contributed by atoms with van der Waals surface area (Å²) in [7, 11) is 2.04. The average Bonchev–Trinajstić information content (AvgIpc) is 2.50. The second-order valence-corrected chi connectivity index (χ2v) is 7.22. The van der Waals surface area contributed by atoms with Crippen LogP contribution in [0.1, 0.15) is 33.3 Å². The van der Waals surface area contributed by atoms with Crippen LogP contribution in [0, 0.1) is 5.41 Å². The van der Waals surface area contributed by atoms with Crippen LogP contribution >= 0.6 is 0 Å². The Morgan fingerprint density at radius 1 is 1.17 bits per heavy atom. The lowest BCUT2D eigenvalue weighted by molar-refractivity contribution is 0.0649. The maximum atomic E-state index is 11.8. The molecule has 1 aromatic rings. The van der Waals surface area contributed by atoms with Crippen LogP contribution in [0.4, 0.5) is 4.79 Å². The summed E-state index contributed by atoms with van der Waals surface area (Å²) in [6, 6.07) is 10.2. The van der Waals surface area contributed by atoms with Crippen LogP contribution in [0.2, 0.25) is 0 Å². The van der Waals surface area contributed by atoms with Gasteiger partial charge in [-0.1, -0.05) is 51.1 Å². The number of rotatable bonds is 7. The Morgan fingerprint density at radius 3 is 2.30 bits per heavy atom. The van der Waals surface area contributed by atoms with Gasteiger partial charge in [-0.2, -0.15) is 0 Å². The summed E-state index contributed by atoms with van der Waals surface area (Å²) in [5.41, 5.74) is 1.01. The van der Waals surface area contributed by atoms with E-state index in [2.05, 4.69) is 34.6 Å². The molecule has 2 unspecified atom stereocenters. The Hall–Kier alpha value is -1.59. The van der Waals surface area contributed by atoms with Crippen molar-refractivity contribution in [2.24, 2.45) is 5.41 Å². The zero-order valence-electron chi connectivity index (χ0n) is 15.0. The fraction of sp³-hybridized carbons (Fsp3) is 0.611. The molecule has 0 aliphatic heterocycles. The van der Waals surface area contributed by atoms with Crippen molar-refractivity contribution in [1.82, 2.24) is 15.5 Å². The fourth-order valence-corrected chi connectivity index (χ4v) is 1.98.